The molecule has 0 unspecified atom stereocenters. The van der Waals surface area contributed by atoms with Gasteiger partial charge in [0.2, 0.25) is 0 Å². The Bertz CT molecular complexity index is 675. The predicted octanol–water partition coefficient (Wildman–Crippen LogP) is 2.64. The van der Waals surface area contributed by atoms with Gasteiger partial charge < -0.3 is 10.5 Å². The molecule has 0 saturated carbocycles. The SMILES string of the molecule is N#Cc1ccc(F)c(COC(=O)c2ccc(N)cc2)c1. The molecule has 2 aromatic carbocycles. The van der Waals surface area contributed by atoms with Gasteiger partial charge in [-0.15, -0.1) is 0 Å². The van der Waals surface area contributed by atoms with E-state index in [9.17, 15) is 9.18 Å². The van der Waals surface area contributed by atoms with Gasteiger partial charge in [-0.3, -0.25) is 0 Å². The normalized spacial score (nSPS) is 9.80. The van der Waals surface area contributed by atoms with Crippen molar-refractivity contribution in [1.82, 2.24) is 0 Å². The second-order valence-electron chi connectivity index (χ2n) is 4.12. The van der Waals surface area contributed by atoms with Crippen molar-refractivity contribution >= 4 is 11.7 Å². The van der Waals surface area contributed by atoms with Crippen LogP contribution >= 0.6 is 0 Å². The number of rotatable bonds is 3. The second kappa shape index (κ2) is 5.85. The first-order valence-electron chi connectivity index (χ1n) is 5.81. The Labute approximate surface area is 115 Å². The summed E-state index contributed by atoms with van der Waals surface area (Å²) in [4.78, 5) is 11.7. The van der Waals surface area contributed by atoms with Gasteiger partial charge >= 0.3 is 5.97 Å². The van der Waals surface area contributed by atoms with Crippen molar-refractivity contribution in [3.05, 3.63) is 65.0 Å². The van der Waals surface area contributed by atoms with Crippen molar-refractivity contribution < 1.29 is 13.9 Å². The van der Waals surface area contributed by atoms with E-state index < -0.39 is 11.8 Å². The van der Waals surface area contributed by atoms with Gasteiger partial charge in [0.25, 0.3) is 0 Å². The van der Waals surface area contributed by atoms with E-state index in [0.29, 0.717) is 16.8 Å². The van der Waals surface area contributed by atoms with Gasteiger partial charge in [-0.2, -0.15) is 5.26 Å². The Morgan fingerprint density at radius 1 is 1.25 bits per heavy atom. The molecule has 2 N–H and O–H groups in total. The minimum Gasteiger partial charge on any atom is -0.457 e. The molecule has 2 rings (SSSR count). The van der Waals surface area contributed by atoms with Crippen LogP contribution in [-0.4, -0.2) is 5.97 Å². The number of nitrogen functional groups attached to an aromatic ring is 1. The Hall–Kier alpha value is -2.87. The molecule has 0 atom stereocenters. The van der Waals surface area contributed by atoms with Crippen LogP contribution in [0.25, 0.3) is 0 Å². The van der Waals surface area contributed by atoms with Crippen LogP contribution in [0.15, 0.2) is 42.5 Å². The molecule has 0 radical (unpaired) electrons. The quantitative estimate of drug-likeness (QED) is 0.687. The molecule has 5 heteroatoms. The molecule has 0 saturated heterocycles. The van der Waals surface area contributed by atoms with Gasteiger partial charge in [0.1, 0.15) is 12.4 Å². The summed E-state index contributed by atoms with van der Waals surface area (Å²) in [6.45, 7) is -0.232. The van der Waals surface area contributed by atoms with Gasteiger partial charge in [-0.25, -0.2) is 9.18 Å². The van der Waals surface area contributed by atoms with Gasteiger partial charge in [-0.05, 0) is 42.5 Å². The third-order valence-corrected chi connectivity index (χ3v) is 2.68. The molecule has 0 heterocycles. The zero-order valence-corrected chi connectivity index (χ0v) is 10.5. The minimum atomic E-state index is -0.577. The topological polar surface area (TPSA) is 76.1 Å². The molecule has 4 nitrogen and oxygen atoms in total. The highest BCUT2D eigenvalue weighted by molar-refractivity contribution is 5.89. The standard InChI is InChI=1S/C15H11FN2O2/c16-14-6-1-10(8-17)7-12(14)9-20-15(19)11-2-4-13(18)5-3-11/h1-7H,9,18H2. The Morgan fingerprint density at radius 3 is 2.60 bits per heavy atom. The first kappa shape index (κ1) is 13.6. The molecule has 0 fully saturated rings. The highest BCUT2D eigenvalue weighted by atomic mass is 19.1. The molecular weight excluding hydrogens is 259 g/mol. The fourth-order valence-electron chi connectivity index (χ4n) is 1.60. The van der Waals surface area contributed by atoms with Crippen molar-refractivity contribution in [2.45, 2.75) is 6.61 Å². The molecular formula is C15H11FN2O2. The number of carbonyl (C=O) groups excluding carboxylic acids is 1. The predicted molar refractivity (Wildman–Crippen MR) is 71.1 cm³/mol. The third kappa shape index (κ3) is 3.12. The highest BCUT2D eigenvalue weighted by Crippen LogP contribution is 2.13. The molecule has 0 aliphatic rings. The number of carbonyl (C=O) groups is 1. The van der Waals surface area contributed by atoms with Gasteiger partial charge in [0.05, 0.1) is 17.2 Å². The fraction of sp³-hybridized carbons (Fsp3) is 0.0667. The van der Waals surface area contributed by atoms with Crippen molar-refractivity contribution in [1.29, 1.82) is 5.26 Å². The van der Waals surface area contributed by atoms with E-state index in [1.165, 1.54) is 30.3 Å². The van der Waals surface area contributed by atoms with Crippen LogP contribution in [0.1, 0.15) is 21.5 Å². The Morgan fingerprint density at radius 2 is 1.95 bits per heavy atom. The summed E-state index contributed by atoms with van der Waals surface area (Å²) in [6.07, 6.45) is 0. The van der Waals surface area contributed by atoms with Crippen LogP contribution in [0.5, 0.6) is 0 Å². The molecule has 0 aliphatic heterocycles. The first-order chi connectivity index (χ1) is 9.60. The van der Waals surface area contributed by atoms with Crippen molar-refractivity contribution in [2.24, 2.45) is 0 Å². The van der Waals surface area contributed by atoms with E-state index >= 15 is 0 Å². The zero-order valence-electron chi connectivity index (χ0n) is 10.5. The van der Waals surface area contributed by atoms with Gasteiger partial charge in [-0.1, -0.05) is 0 Å². The number of halogens is 1. The van der Waals surface area contributed by atoms with E-state index in [4.69, 9.17) is 15.7 Å². The number of hydrogen-bond donors (Lipinski definition) is 1. The van der Waals surface area contributed by atoms with E-state index in [1.54, 1.807) is 12.1 Å². The van der Waals surface area contributed by atoms with E-state index in [2.05, 4.69) is 0 Å². The van der Waals surface area contributed by atoms with E-state index in [-0.39, 0.29) is 12.2 Å². The molecule has 0 spiro atoms. The van der Waals surface area contributed by atoms with Crippen molar-refractivity contribution in [3.8, 4) is 6.07 Å². The second-order valence-corrected chi connectivity index (χ2v) is 4.12. The van der Waals surface area contributed by atoms with E-state index in [1.807, 2.05) is 6.07 Å². The van der Waals surface area contributed by atoms with Crippen LogP contribution in [0.2, 0.25) is 0 Å². The lowest BCUT2D eigenvalue weighted by atomic mass is 10.1. The number of nitrogens with zero attached hydrogens (tertiary/aromatic N) is 1. The number of hydrogen-bond acceptors (Lipinski definition) is 4. The molecule has 0 aromatic heterocycles. The number of benzene rings is 2. The summed E-state index contributed by atoms with van der Waals surface area (Å²) in [5, 5.41) is 8.74. The van der Waals surface area contributed by atoms with Crippen LogP contribution < -0.4 is 5.73 Å². The molecule has 0 aliphatic carbocycles. The van der Waals surface area contributed by atoms with Crippen LogP contribution in [-0.2, 0) is 11.3 Å². The van der Waals surface area contributed by atoms with Crippen LogP contribution in [0, 0.1) is 17.1 Å². The number of ether oxygens (including phenoxy) is 1. The molecule has 2 aromatic rings. The van der Waals surface area contributed by atoms with Crippen molar-refractivity contribution in [2.75, 3.05) is 5.73 Å². The highest BCUT2D eigenvalue weighted by Gasteiger charge is 2.10. The summed E-state index contributed by atoms with van der Waals surface area (Å²) in [5.74, 6) is -1.10. The lowest BCUT2D eigenvalue weighted by Crippen LogP contribution is -2.06. The molecule has 100 valence electrons. The largest absolute Gasteiger partial charge is 0.457 e. The molecule has 20 heavy (non-hydrogen) atoms. The maximum atomic E-state index is 13.5. The number of esters is 1. The lowest BCUT2D eigenvalue weighted by Gasteiger charge is -2.06. The maximum Gasteiger partial charge on any atom is 0.338 e. The van der Waals surface area contributed by atoms with Crippen LogP contribution in [0.3, 0.4) is 0 Å². The summed E-state index contributed by atoms with van der Waals surface area (Å²) < 4.78 is 18.5. The first-order valence-corrected chi connectivity index (χ1v) is 5.81. The van der Waals surface area contributed by atoms with Crippen molar-refractivity contribution in [3.63, 3.8) is 0 Å². The Kier molecular flexibility index (Phi) is 3.96. The number of nitrogens with two attached hydrogens (primary N) is 1. The number of nitriles is 1. The summed E-state index contributed by atoms with van der Waals surface area (Å²) in [7, 11) is 0. The van der Waals surface area contributed by atoms with Gasteiger partial charge in [0, 0.05) is 11.3 Å². The monoisotopic (exact) mass is 270 g/mol. The van der Waals surface area contributed by atoms with Crippen LogP contribution in [0.4, 0.5) is 10.1 Å². The average molecular weight is 270 g/mol. The maximum absolute atomic E-state index is 13.5. The molecule has 0 bridgehead atoms. The summed E-state index contributed by atoms with van der Waals surface area (Å²) in [6, 6.07) is 12.0. The van der Waals surface area contributed by atoms with Gasteiger partial charge in [0.15, 0.2) is 0 Å². The number of anilines is 1. The van der Waals surface area contributed by atoms with E-state index in [0.717, 1.165) is 0 Å². The summed E-state index contributed by atoms with van der Waals surface area (Å²) >= 11 is 0. The molecule has 0 amide bonds. The average Bonchev–Trinajstić information content (AvgIpc) is 2.47. The summed E-state index contributed by atoms with van der Waals surface area (Å²) in [5.41, 5.74) is 6.85. The Balaban J connectivity index is 2.07. The third-order valence-electron chi connectivity index (χ3n) is 2.68. The zero-order chi connectivity index (χ0) is 14.5. The smallest absolute Gasteiger partial charge is 0.338 e. The lowest BCUT2D eigenvalue weighted by molar-refractivity contribution is 0.0469. The fourth-order valence-corrected chi connectivity index (χ4v) is 1.60. The minimum absolute atomic E-state index is 0.160.